The zero-order valence-corrected chi connectivity index (χ0v) is 8.98. The molecule has 0 spiro atoms. The number of aliphatic hydroxyl groups excluding tert-OH is 6. The third-order valence-corrected chi connectivity index (χ3v) is 1.70. The van der Waals surface area contributed by atoms with Gasteiger partial charge in [-0.3, -0.25) is 0 Å². The second kappa shape index (κ2) is 11.2. The molecule has 0 amide bonds. The lowest BCUT2D eigenvalue weighted by Gasteiger charge is -2.24. The highest BCUT2D eigenvalue weighted by molar-refractivity contribution is 4.80. The summed E-state index contributed by atoms with van der Waals surface area (Å²) in [6.45, 7) is -0.439. The first-order valence-electron chi connectivity index (χ1n) is 4.80. The molecule has 0 aromatic carbocycles. The molecule has 4 atom stereocenters. The normalized spacial score (nSPS) is 18.0. The Labute approximate surface area is 93.7 Å². The summed E-state index contributed by atoms with van der Waals surface area (Å²) >= 11 is 0. The molecule has 0 saturated carbocycles. The summed E-state index contributed by atoms with van der Waals surface area (Å²) in [5.74, 6) is 0. The first-order valence-corrected chi connectivity index (χ1v) is 4.80. The quantitative estimate of drug-likeness (QED) is 0.229. The summed E-state index contributed by atoms with van der Waals surface area (Å²) < 4.78 is 0. The van der Waals surface area contributed by atoms with Gasteiger partial charge >= 0.3 is 0 Å². The van der Waals surface area contributed by atoms with Crippen LogP contribution in [0.2, 0.25) is 0 Å². The van der Waals surface area contributed by atoms with Crippen molar-refractivity contribution in [2.24, 2.45) is 11.5 Å². The Morgan fingerprint density at radius 3 is 1.44 bits per heavy atom. The minimum absolute atomic E-state index is 0.0972. The van der Waals surface area contributed by atoms with Crippen LogP contribution < -0.4 is 11.5 Å². The van der Waals surface area contributed by atoms with Crippen LogP contribution in [0.1, 0.15) is 0 Å². The van der Waals surface area contributed by atoms with E-state index < -0.39 is 31.0 Å². The van der Waals surface area contributed by atoms with Crippen LogP contribution in [0.4, 0.5) is 0 Å². The van der Waals surface area contributed by atoms with Crippen molar-refractivity contribution in [3.8, 4) is 0 Å². The Balaban J connectivity index is 0. The van der Waals surface area contributed by atoms with Gasteiger partial charge in [0, 0.05) is 13.1 Å². The molecular weight excluding hydrogens is 220 g/mol. The summed E-state index contributed by atoms with van der Waals surface area (Å²) in [5.41, 5.74) is 9.76. The molecule has 0 radical (unpaired) electrons. The van der Waals surface area contributed by atoms with Crippen molar-refractivity contribution in [3.05, 3.63) is 0 Å². The monoisotopic (exact) mass is 242 g/mol. The maximum Gasteiger partial charge on any atom is 0.111 e. The SMILES string of the molecule is NCCO.NC[C@H](O)[C@@H](O)[C@H](O)[C@H](O)CO. The second-order valence-electron chi connectivity index (χ2n) is 3.05. The van der Waals surface area contributed by atoms with Gasteiger partial charge in [-0.1, -0.05) is 0 Å². The molecule has 100 valence electrons. The van der Waals surface area contributed by atoms with Crippen molar-refractivity contribution in [2.75, 3.05) is 26.3 Å². The van der Waals surface area contributed by atoms with Crippen LogP contribution in [0, 0.1) is 0 Å². The van der Waals surface area contributed by atoms with Gasteiger partial charge in [0.25, 0.3) is 0 Å². The van der Waals surface area contributed by atoms with Crippen LogP contribution in [0.15, 0.2) is 0 Å². The lowest BCUT2D eigenvalue weighted by molar-refractivity contribution is -0.112. The topological polar surface area (TPSA) is 173 Å². The van der Waals surface area contributed by atoms with Crippen LogP contribution in [0.25, 0.3) is 0 Å². The Bertz CT molecular complexity index is 134. The van der Waals surface area contributed by atoms with Crippen LogP contribution in [0.5, 0.6) is 0 Å². The van der Waals surface area contributed by atoms with Crippen molar-refractivity contribution in [1.29, 1.82) is 0 Å². The maximum absolute atomic E-state index is 9.04. The molecule has 0 heterocycles. The van der Waals surface area contributed by atoms with E-state index in [9.17, 15) is 0 Å². The Morgan fingerprint density at radius 2 is 1.19 bits per heavy atom. The molecule has 0 rings (SSSR count). The second-order valence-corrected chi connectivity index (χ2v) is 3.05. The van der Waals surface area contributed by atoms with E-state index in [4.69, 9.17) is 42.1 Å². The molecule has 0 aliphatic rings. The molecule has 10 N–H and O–H groups in total. The molecule has 0 saturated heterocycles. The van der Waals surface area contributed by atoms with Crippen molar-refractivity contribution in [3.63, 3.8) is 0 Å². The Kier molecular flexibility index (Phi) is 12.6. The molecule has 8 heteroatoms. The van der Waals surface area contributed by atoms with Gasteiger partial charge in [0.15, 0.2) is 0 Å². The highest BCUT2D eigenvalue weighted by Crippen LogP contribution is 2.03. The first-order chi connectivity index (χ1) is 7.45. The summed E-state index contributed by atoms with van der Waals surface area (Å²) in [6.07, 6.45) is -5.91. The van der Waals surface area contributed by atoms with Gasteiger partial charge in [-0.2, -0.15) is 0 Å². The fourth-order valence-corrected chi connectivity index (χ4v) is 0.703. The van der Waals surface area contributed by atoms with Crippen LogP contribution >= 0.6 is 0 Å². The minimum atomic E-state index is -1.59. The molecular formula is C8H22N2O6. The summed E-state index contributed by atoms with van der Waals surface area (Å²) in [5, 5.41) is 51.9. The van der Waals surface area contributed by atoms with Crippen molar-refractivity contribution in [2.45, 2.75) is 24.4 Å². The number of nitrogens with two attached hydrogens (primary N) is 2. The Morgan fingerprint density at radius 1 is 0.812 bits per heavy atom. The number of aliphatic hydroxyl groups is 6. The van der Waals surface area contributed by atoms with Gasteiger partial charge in [-0.25, -0.2) is 0 Å². The van der Waals surface area contributed by atoms with Crippen LogP contribution in [-0.4, -0.2) is 81.4 Å². The summed E-state index contributed by atoms with van der Waals surface area (Å²) in [4.78, 5) is 0. The van der Waals surface area contributed by atoms with E-state index in [1.807, 2.05) is 0 Å². The van der Waals surface area contributed by atoms with Crippen LogP contribution in [0.3, 0.4) is 0 Å². The van der Waals surface area contributed by atoms with Gasteiger partial charge in [0.2, 0.25) is 0 Å². The van der Waals surface area contributed by atoms with Crippen LogP contribution in [-0.2, 0) is 0 Å². The lowest BCUT2D eigenvalue weighted by Crippen LogP contribution is -2.48. The summed E-state index contributed by atoms with van der Waals surface area (Å²) in [6, 6.07) is 0. The third-order valence-electron chi connectivity index (χ3n) is 1.70. The van der Waals surface area contributed by atoms with Crippen molar-refractivity contribution in [1.82, 2.24) is 0 Å². The molecule has 16 heavy (non-hydrogen) atoms. The van der Waals surface area contributed by atoms with E-state index in [1.54, 1.807) is 0 Å². The number of rotatable bonds is 6. The third kappa shape index (κ3) is 7.91. The van der Waals surface area contributed by atoms with E-state index in [0.29, 0.717) is 6.54 Å². The zero-order valence-electron chi connectivity index (χ0n) is 8.98. The first kappa shape index (κ1) is 18.1. The van der Waals surface area contributed by atoms with Gasteiger partial charge in [-0.15, -0.1) is 0 Å². The maximum atomic E-state index is 9.04. The summed E-state index contributed by atoms with van der Waals surface area (Å²) in [7, 11) is 0. The lowest BCUT2D eigenvalue weighted by atomic mass is 10.0. The molecule has 0 unspecified atom stereocenters. The van der Waals surface area contributed by atoms with Crippen molar-refractivity contribution >= 4 is 0 Å². The molecule has 0 bridgehead atoms. The van der Waals surface area contributed by atoms with Gasteiger partial charge < -0.3 is 42.1 Å². The van der Waals surface area contributed by atoms with Gasteiger partial charge in [0.1, 0.15) is 18.3 Å². The van der Waals surface area contributed by atoms with E-state index in [-0.39, 0.29) is 13.2 Å². The molecule has 0 aromatic heterocycles. The fraction of sp³-hybridized carbons (Fsp3) is 1.00. The number of hydrogen-bond acceptors (Lipinski definition) is 8. The van der Waals surface area contributed by atoms with Crippen molar-refractivity contribution < 1.29 is 30.6 Å². The molecule has 0 aromatic rings. The average Bonchev–Trinajstić information content (AvgIpc) is 2.34. The fourth-order valence-electron chi connectivity index (χ4n) is 0.703. The van der Waals surface area contributed by atoms with Gasteiger partial charge in [-0.05, 0) is 0 Å². The van der Waals surface area contributed by atoms with E-state index in [2.05, 4.69) is 0 Å². The Hall–Kier alpha value is -0.320. The highest BCUT2D eigenvalue weighted by Gasteiger charge is 2.28. The van der Waals surface area contributed by atoms with E-state index in [1.165, 1.54) is 0 Å². The predicted octanol–water partition coefficient (Wildman–Crippen LogP) is -4.68. The zero-order chi connectivity index (χ0) is 13.1. The number of hydrogen-bond donors (Lipinski definition) is 8. The largest absolute Gasteiger partial charge is 0.395 e. The van der Waals surface area contributed by atoms with E-state index in [0.717, 1.165) is 0 Å². The highest BCUT2D eigenvalue weighted by atomic mass is 16.4. The standard InChI is InChI=1S/C6H15NO5.C2H7NO/c7-1-3(9)5(11)6(12)4(10)2-8;3-1-2-4/h3-6,8-12H,1-2,7H2;4H,1-3H2/t3-,4+,5+,6+;/m0./s1. The van der Waals surface area contributed by atoms with Gasteiger partial charge in [0.05, 0.1) is 19.3 Å². The average molecular weight is 242 g/mol. The predicted molar refractivity (Wildman–Crippen MR) is 56.3 cm³/mol. The molecule has 0 fully saturated rings. The molecule has 0 aliphatic carbocycles. The molecule has 0 aliphatic heterocycles. The minimum Gasteiger partial charge on any atom is -0.395 e. The molecule has 8 nitrogen and oxygen atoms in total. The smallest absolute Gasteiger partial charge is 0.111 e. The van der Waals surface area contributed by atoms with E-state index >= 15 is 0 Å².